The molecule has 0 aliphatic carbocycles. The van der Waals surface area contributed by atoms with E-state index in [2.05, 4.69) is 0 Å². The molecular formula is C16H16N2O5. The van der Waals surface area contributed by atoms with Crippen molar-refractivity contribution in [1.82, 2.24) is 4.90 Å². The molecule has 7 heteroatoms. The van der Waals surface area contributed by atoms with Crippen LogP contribution in [0.15, 0.2) is 40.8 Å². The highest BCUT2D eigenvalue weighted by molar-refractivity contribution is 5.92. The summed E-state index contributed by atoms with van der Waals surface area (Å²) in [5.74, 6) is -0.0316. The summed E-state index contributed by atoms with van der Waals surface area (Å²) in [4.78, 5) is 24.3. The molecule has 1 fully saturated rings. The number of carbonyl (C=O) groups excluding carboxylic acids is 1. The van der Waals surface area contributed by atoms with E-state index in [1.807, 2.05) is 24.3 Å². The van der Waals surface area contributed by atoms with E-state index in [9.17, 15) is 14.9 Å². The molecular weight excluding hydrogens is 300 g/mol. The van der Waals surface area contributed by atoms with E-state index in [1.54, 1.807) is 12.0 Å². The van der Waals surface area contributed by atoms with Gasteiger partial charge in [0.15, 0.2) is 5.76 Å². The predicted molar refractivity (Wildman–Crippen MR) is 81.4 cm³/mol. The van der Waals surface area contributed by atoms with Crippen LogP contribution in [0, 0.1) is 10.1 Å². The summed E-state index contributed by atoms with van der Waals surface area (Å²) < 4.78 is 10.3. The van der Waals surface area contributed by atoms with E-state index in [0.717, 1.165) is 24.2 Å². The first-order valence-electron chi connectivity index (χ1n) is 7.29. The zero-order valence-electron chi connectivity index (χ0n) is 12.6. The highest BCUT2D eigenvalue weighted by Crippen LogP contribution is 2.35. The summed E-state index contributed by atoms with van der Waals surface area (Å²) in [6.07, 6.45) is 1.71. The van der Waals surface area contributed by atoms with E-state index in [0.29, 0.717) is 6.54 Å². The molecule has 1 aliphatic heterocycles. The average molecular weight is 316 g/mol. The number of amides is 1. The van der Waals surface area contributed by atoms with Gasteiger partial charge in [0.1, 0.15) is 10.7 Å². The summed E-state index contributed by atoms with van der Waals surface area (Å²) in [7, 11) is 1.60. The lowest BCUT2D eigenvalue weighted by Crippen LogP contribution is -2.30. The van der Waals surface area contributed by atoms with Gasteiger partial charge in [-0.3, -0.25) is 14.9 Å². The minimum Gasteiger partial charge on any atom is -0.497 e. The number of rotatable bonds is 4. The number of benzene rings is 1. The molecule has 0 radical (unpaired) electrons. The maximum atomic E-state index is 12.6. The van der Waals surface area contributed by atoms with Gasteiger partial charge in [0.2, 0.25) is 0 Å². The summed E-state index contributed by atoms with van der Waals surface area (Å²) in [6, 6.07) is 10.0. The molecule has 0 N–H and O–H groups in total. The van der Waals surface area contributed by atoms with Gasteiger partial charge in [-0.05, 0) is 36.6 Å². The zero-order valence-corrected chi connectivity index (χ0v) is 12.6. The summed E-state index contributed by atoms with van der Waals surface area (Å²) >= 11 is 0. The van der Waals surface area contributed by atoms with Crippen LogP contribution in [0.4, 0.5) is 5.88 Å². The number of nitro groups is 1. The minimum absolute atomic E-state index is 0.00787. The Balaban J connectivity index is 1.85. The lowest BCUT2D eigenvalue weighted by atomic mass is 10.0. The molecule has 1 saturated heterocycles. The third kappa shape index (κ3) is 2.90. The van der Waals surface area contributed by atoms with Gasteiger partial charge in [0, 0.05) is 6.54 Å². The zero-order chi connectivity index (χ0) is 16.4. The van der Waals surface area contributed by atoms with Crippen LogP contribution in [0.5, 0.6) is 5.75 Å². The van der Waals surface area contributed by atoms with Crippen molar-refractivity contribution in [2.75, 3.05) is 13.7 Å². The van der Waals surface area contributed by atoms with Gasteiger partial charge in [-0.1, -0.05) is 12.1 Å². The van der Waals surface area contributed by atoms with Crippen LogP contribution in [-0.4, -0.2) is 29.4 Å². The lowest BCUT2D eigenvalue weighted by Gasteiger charge is -2.24. The lowest BCUT2D eigenvalue weighted by molar-refractivity contribution is -0.402. The topological polar surface area (TPSA) is 85.8 Å². The van der Waals surface area contributed by atoms with Gasteiger partial charge in [-0.25, -0.2) is 0 Å². The molecule has 3 rings (SSSR count). The molecule has 1 atom stereocenters. The molecule has 1 aromatic heterocycles. The van der Waals surface area contributed by atoms with Crippen LogP contribution in [-0.2, 0) is 0 Å². The summed E-state index contributed by atoms with van der Waals surface area (Å²) in [5, 5.41) is 10.7. The monoisotopic (exact) mass is 316 g/mol. The van der Waals surface area contributed by atoms with E-state index < -0.39 is 10.8 Å². The van der Waals surface area contributed by atoms with Crippen LogP contribution < -0.4 is 4.74 Å². The molecule has 0 bridgehead atoms. The van der Waals surface area contributed by atoms with Gasteiger partial charge < -0.3 is 14.1 Å². The maximum Gasteiger partial charge on any atom is 0.433 e. The average Bonchev–Trinajstić information content (AvgIpc) is 3.23. The second-order valence-corrected chi connectivity index (χ2v) is 5.33. The van der Waals surface area contributed by atoms with Crippen molar-refractivity contribution in [1.29, 1.82) is 0 Å². The molecule has 7 nitrogen and oxygen atoms in total. The molecule has 120 valence electrons. The number of carbonyl (C=O) groups is 1. The first-order chi connectivity index (χ1) is 11.1. The molecule has 23 heavy (non-hydrogen) atoms. The minimum atomic E-state index is -0.652. The highest BCUT2D eigenvalue weighted by atomic mass is 16.6. The molecule has 0 saturated carbocycles. The molecule has 1 aliphatic rings. The first-order valence-corrected chi connectivity index (χ1v) is 7.29. The molecule has 0 unspecified atom stereocenters. The predicted octanol–water partition coefficient (Wildman–Crippen LogP) is 3.17. The van der Waals surface area contributed by atoms with Crippen LogP contribution in [0.25, 0.3) is 0 Å². The van der Waals surface area contributed by atoms with Crippen molar-refractivity contribution in [2.24, 2.45) is 0 Å². The Hall–Kier alpha value is -2.83. The fourth-order valence-electron chi connectivity index (χ4n) is 2.89. The van der Waals surface area contributed by atoms with Gasteiger partial charge in [-0.15, -0.1) is 0 Å². The Bertz CT molecular complexity index is 740. The van der Waals surface area contributed by atoms with Crippen LogP contribution in [0.3, 0.4) is 0 Å². The third-order valence-electron chi connectivity index (χ3n) is 3.97. The van der Waals surface area contributed by atoms with E-state index in [-0.39, 0.29) is 17.7 Å². The number of hydrogen-bond acceptors (Lipinski definition) is 5. The fraction of sp³-hybridized carbons (Fsp3) is 0.312. The van der Waals surface area contributed by atoms with Crippen molar-refractivity contribution in [3.63, 3.8) is 0 Å². The molecule has 2 heterocycles. The molecule has 2 aromatic rings. The van der Waals surface area contributed by atoms with E-state index in [4.69, 9.17) is 9.15 Å². The Kier molecular flexibility index (Phi) is 4.01. The van der Waals surface area contributed by atoms with Crippen LogP contribution >= 0.6 is 0 Å². The third-order valence-corrected chi connectivity index (χ3v) is 3.97. The smallest absolute Gasteiger partial charge is 0.433 e. The standard InChI is InChI=1S/C16H16N2O5/c1-22-12-5-2-4-11(10-12)13-6-3-9-17(13)16(19)14-7-8-15(23-14)18(20)21/h2,4-5,7-8,10,13H,3,6,9H2,1H3/t13-/m0/s1. The first kappa shape index (κ1) is 15.1. The van der Waals surface area contributed by atoms with Crippen molar-refractivity contribution in [2.45, 2.75) is 18.9 Å². The number of furan rings is 1. The van der Waals surface area contributed by atoms with Gasteiger partial charge in [0.05, 0.1) is 19.2 Å². The van der Waals surface area contributed by atoms with Gasteiger partial charge in [0.25, 0.3) is 5.91 Å². The second kappa shape index (κ2) is 6.12. The van der Waals surface area contributed by atoms with Crippen molar-refractivity contribution in [3.8, 4) is 5.75 Å². The Morgan fingerprint density at radius 2 is 2.22 bits per heavy atom. The van der Waals surface area contributed by atoms with Crippen LogP contribution in [0.1, 0.15) is 35.0 Å². The molecule has 0 spiro atoms. The van der Waals surface area contributed by atoms with Gasteiger partial charge in [-0.2, -0.15) is 0 Å². The van der Waals surface area contributed by atoms with E-state index in [1.165, 1.54) is 12.1 Å². The molecule has 1 amide bonds. The normalized spacial score (nSPS) is 17.3. The number of hydrogen-bond donors (Lipinski definition) is 0. The van der Waals surface area contributed by atoms with Gasteiger partial charge >= 0.3 is 5.88 Å². The fourth-order valence-corrected chi connectivity index (χ4v) is 2.89. The number of methoxy groups -OCH3 is 1. The molecule has 1 aromatic carbocycles. The SMILES string of the molecule is COc1cccc([C@@H]2CCCN2C(=O)c2ccc([N+](=O)[O-])o2)c1. The van der Waals surface area contributed by atoms with E-state index >= 15 is 0 Å². The van der Waals surface area contributed by atoms with Crippen molar-refractivity contribution < 1.29 is 18.9 Å². The summed E-state index contributed by atoms with van der Waals surface area (Å²) in [5.41, 5.74) is 0.983. The second-order valence-electron chi connectivity index (χ2n) is 5.33. The number of ether oxygens (including phenoxy) is 1. The maximum absolute atomic E-state index is 12.6. The highest BCUT2D eigenvalue weighted by Gasteiger charge is 2.33. The Morgan fingerprint density at radius 3 is 2.91 bits per heavy atom. The van der Waals surface area contributed by atoms with Crippen molar-refractivity contribution >= 4 is 11.8 Å². The Morgan fingerprint density at radius 1 is 1.39 bits per heavy atom. The summed E-state index contributed by atoms with van der Waals surface area (Å²) in [6.45, 7) is 0.592. The van der Waals surface area contributed by atoms with Crippen LogP contribution in [0.2, 0.25) is 0 Å². The van der Waals surface area contributed by atoms with Crippen molar-refractivity contribution in [3.05, 3.63) is 57.8 Å². The number of nitrogens with zero attached hydrogens (tertiary/aromatic N) is 2. The largest absolute Gasteiger partial charge is 0.497 e. The Labute approximate surface area is 132 Å². The number of likely N-dealkylation sites (tertiary alicyclic amines) is 1. The quantitative estimate of drug-likeness (QED) is 0.639.